The van der Waals surface area contributed by atoms with Crippen molar-refractivity contribution in [3.63, 3.8) is 0 Å². The molecule has 8 heteroatoms. The van der Waals surface area contributed by atoms with Crippen LogP contribution in [-0.2, 0) is 4.79 Å². The Balaban J connectivity index is 1.69. The maximum atomic E-state index is 12.4. The number of aromatic nitrogens is 3. The van der Waals surface area contributed by atoms with Gasteiger partial charge in [0.1, 0.15) is 5.76 Å². The van der Waals surface area contributed by atoms with Gasteiger partial charge in [-0.05, 0) is 13.0 Å². The molecule has 1 aromatic carbocycles. The summed E-state index contributed by atoms with van der Waals surface area (Å²) in [5.74, 6) is 0.203. The van der Waals surface area contributed by atoms with E-state index in [2.05, 4.69) is 20.7 Å². The summed E-state index contributed by atoms with van der Waals surface area (Å²) in [5, 5.41) is 13.8. The minimum atomic E-state index is -0.367. The molecule has 2 heterocycles. The predicted molar refractivity (Wildman–Crippen MR) is 82.9 cm³/mol. The minimum absolute atomic E-state index is 0.119. The Morgan fingerprint density at radius 3 is 2.87 bits per heavy atom. The Morgan fingerprint density at radius 2 is 2.13 bits per heavy atom. The standard InChI is InChI=1S/C15H15N5O3/c1-9-7-12(19-23-9)16-13(21)8-20(2)15(22)14-10-5-3-4-6-11(10)17-18-14/h3-7H,8H2,1-2H3,(H,17,18)(H,16,19,21). The topological polar surface area (TPSA) is 104 Å². The van der Waals surface area contributed by atoms with Crippen molar-refractivity contribution in [2.24, 2.45) is 0 Å². The van der Waals surface area contributed by atoms with Gasteiger partial charge in [0.2, 0.25) is 5.91 Å². The van der Waals surface area contributed by atoms with Crippen LogP contribution in [0.5, 0.6) is 0 Å². The predicted octanol–water partition coefficient (Wildman–Crippen LogP) is 1.57. The number of hydrogen-bond donors (Lipinski definition) is 2. The molecular weight excluding hydrogens is 298 g/mol. The molecule has 2 aromatic heterocycles. The first-order valence-electron chi connectivity index (χ1n) is 6.96. The van der Waals surface area contributed by atoms with Gasteiger partial charge >= 0.3 is 0 Å². The molecule has 0 spiro atoms. The summed E-state index contributed by atoms with van der Waals surface area (Å²) >= 11 is 0. The summed E-state index contributed by atoms with van der Waals surface area (Å²) in [7, 11) is 1.54. The third-order valence-electron chi connectivity index (χ3n) is 3.30. The van der Waals surface area contributed by atoms with Crippen LogP contribution in [0.4, 0.5) is 5.82 Å². The number of aromatic amines is 1. The highest BCUT2D eigenvalue weighted by Gasteiger charge is 2.20. The van der Waals surface area contributed by atoms with Crippen LogP contribution in [0.1, 0.15) is 16.2 Å². The highest BCUT2D eigenvalue weighted by atomic mass is 16.5. The van der Waals surface area contributed by atoms with E-state index in [1.807, 2.05) is 18.2 Å². The summed E-state index contributed by atoms with van der Waals surface area (Å²) < 4.78 is 4.87. The zero-order chi connectivity index (χ0) is 16.4. The van der Waals surface area contributed by atoms with E-state index in [0.29, 0.717) is 11.6 Å². The van der Waals surface area contributed by atoms with Crippen LogP contribution in [0.15, 0.2) is 34.9 Å². The fourth-order valence-electron chi connectivity index (χ4n) is 2.20. The van der Waals surface area contributed by atoms with Crippen molar-refractivity contribution in [3.05, 3.63) is 41.8 Å². The highest BCUT2D eigenvalue weighted by molar-refractivity contribution is 6.06. The van der Waals surface area contributed by atoms with Gasteiger partial charge in [-0.25, -0.2) is 0 Å². The molecule has 118 valence electrons. The molecule has 0 atom stereocenters. The number of amides is 2. The Hall–Kier alpha value is -3.16. The van der Waals surface area contributed by atoms with E-state index < -0.39 is 0 Å². The second kappa shape index (κ2) is 5.91. The average Bonchev–Trinajstić information content (AvgIpc) is 3.12. The summed E-state index contributed by atoms with van der Waals surface area (Å²) in [6.07, 6.45) is 0. The van der Waals surface area contributed by atoms with Crippen molar-refractivity contribution in [1.29, 1.82) is 0 Å². The van der Waals surface area contributed by atoms with Crippen LogP contribution in [0.25, 0.3) is 10.9 Å². The van der Waals surface area contributed by atoms with Crippen LogP contribution < -0.4 is 5.32 Å². The number of rotatable bonds is 4. The van der Waals surface area contributed by atoms with Crippen molar-refractivity contribution < 1.29 is 14.1 Å². The lowest BCUT2D eigenvalue weighted by Gasteiger charge is -2.15. The molecule has 2 amide bonds. The van der Waals surface area contributed by atoms with Gasteiger partial charge < -0.3 is 14.7 Å². The Labute approximate surface area is 131 Å². The molecule has 3 aromatic rings. The number of nitrogens with zero attached hydrogens (tertiary/aromatic N) is 3. The molecule has 0 aliphatic rings. The van der Waals surface area contributed by atoms with Crippen LogP contribution in [-0.4, -0.2) is 45.7 Å². The number of fused-ring (bicyclic) bond motifs is 1. The zero-order valence-electron chi connectivity index (χ0n) is 12.7. The van der Waals surface area contributed by atoms with Crippen molar-refractivity contribution in [2.45, 2.75) is 6.92 Å². The molecule has 0 aliphatic carbocycles. The quantitative estimate of drug-likeness (QED) is 0.761. The lowest BCUT2D eigenvalue weighted by molar-refractivity contribution is -0.116. The van der Waals surface area contributed by atoms with E-state index in [1.54, 1.807) is 26.1 Å². The molecule has 23 heavy (non-hydrogen) atoms. The molecule has 3 rings (SSSR count). The van der Waals surface area contributed by atoms with E-state index in [0.717, 1.165) is 10.9 Å². The molecule has 2 N–H and O–H groups in total. The fraction of sp³-hybridized carbons (Fsp3) is 0.200. The smallest absolute Gasteiger partial charge is 0.275 e. The monoisotopic (exact) mass is 313 g/mol. The molecular formula is C15H15N5O3. The number of para-hydroxylation sites is 1. The first kappa shape index (κ1) is 14.8. The SMILES string of the molecule is Cc1cc(NC(=O)CN(C)C(=O)c2n[nH]c3ccccc23)no1. The fourth-order valence-corrected chi connectivity index (χ4v) is 2.20. The highest BCUT2D eigenvalue weighted by Crippen LogP contribution is 2.16. The third kappa shape index (κ3) is 3.05. The van der Waals surface area contributed by atoms with Gasteiger partial charge in [-0.1, -0.05) is 23.4 Å². The molecule has 0 saturated heterocycles. The zero-order valence-corrected chi connectivity index (χ0v) is 12.7. The lowest BCUT2D eigenvalue weighted by atomic mass is 10.2. The summed E-state index contributed by atoms with van der Waals surface area (Å²) in [4.78, 5) is 25.7. The second-order valence-electron chi connectivity index (χ2n) is 5.15. The number of benzene rings is 1. The maximum absolute atomic E-state index is 12.4. The molecule has 0 bridgehead atoms. The largest absolute Gasteiger partial charge is 0.360 e. The van der Waals surface area contributed by atoms with Crippen LogP contribution in [0.3, 0.4) is 0 Å². The van der Waals surface area contributed by atoms with Gasteiger partial charge in [-0.2, -0.15) is 5.10 Å². The molecule has 0 radical (unpaired) electrons. The Bertz CT molecular complexity index is 867. The van der Waals surface area contributed by atoms with E-state index in [9.17, 15) is 9.59 Å². The number of anilines is 1. The molecule has 0 saturated carbocycles. The van der Waals surface area contributed by atoms with Crippen molar-refractivity contribution in [2.75, 3.05) is 18.9 Å². The van der Waals surface area contributed by atoms with Crippen molar-refractivity contribution in [3.8, 4) is 0 Å². The van der Waals surface area contributed by atoms with E-state index >= 15 is 0 Å². The summed E-state index contributed by atoms with van der Waals surface area (Å²) in [6, 6.07) is 8.91. The molecule has 8 nitrogen and oxygen atoms in total. The van der Waals surface area contributed by atoms with Crippen LogP contribution in [0, 0.1) is 6.92 Å². The number of carbonyl (C=O) groups excluding carboxylic acids is 2. The van der Waals surface area contributed by atoms with Crippen molar-refractivity contribution in [1.82, 2.24) is 20.3 Å². The van der Waals surface area contributed by atoms with Gasteiger partial charge in [0.25, 0.3) is 5.91 Å². The van der Waals surface area contributed by atoms with Gasteiger partial charge in [-0.15, -0.1) is 0 Å². The molecule has 0 unspecified atom stereocenters. The first-order valence-corrected chi connectivity index (χ1v) is 6.96. The van der Waals surface area contributed by atoms with Gasteiger partial charge in [0, 0.05) is 18.5 Å². The molecule has 0 fully saturated rings. The molecule has 0 aliphatic heterocycles. The number of hydrogen-bond acceptors (Lipinski definition) is 5. The number of carbonyl (C=O) groups is 2. The maximum Gasteiger partial charge on any atom is 0.275 e. The van der Waals surface area contributed by atoms with E-state index in [4.69, 9.17) is 4.52 Å². The number of nitrogens with one attached hydrogen (secondary N) is 2. The summed E-state index contributed by atoms with van der Waals surface area (Å²) in [6.45, 7) is 1.60. The summed E-state index contributed by atoms with van der Waals surface area (Å²) in [5.41, 5.74) is 1.06. The average molecular weight is 313 g/mol. The number of H-pyrrole nitrogens is 1. The number of likely N-dealkylation sites (N-methyl/N-ethyl adjacent to an activating group) is 1. The van der Waals surface area contributed by atoms with E-state index in [-0.39, 0.29) is 24.1 Å². The van der Waals surface area contributed by atoms with Crippen LogP contribution >= 0.6 is 0 Å². The van der Waals surface area contributed by atoms with Gasteiger partial charge in [-0.3, -0.25) is 14.7 Å². The Morgan fingerprint density at radius 1 is 1.35 bits per heavy atom. The normalized spacial score (nSPS) is 10.7. The van der Waals surface area contributed by atoms with Gasteiger partial charge in [0.05, 0.1) is 12.1 Å². The van der Waals surface area contributed by atoms with E-state index in [1.165, 1.54) is 4.90 Å². The second-order valence-corrected chi connectivity index (χ2v) is 5.15. The van der Waals surface area contributed by atoms with Crippen LogP contribution in [0.2, 0.25) is 0 Å². The first-order chi connectivity index (χ1) is 11.0. The van der Waals surface area contributed by atoms with Crippen molar-refractivity contribution >= 4 is 28.5 Å². The third-order valence-corrected chi connectivity index (χ3v) is 3.30. The number of aryl methyl sites for hydroxylation is 1. The Kier molecular flexibility index (Phi) is 3.80. The van der Waals surface area contributed by atoms with Gasteiger partial charge in [0.15, 0.2) is 11.5 Å². The lowest BCUT2D eigenvalue weighted by Crippen LogP contribution is -2.35. The minimum Gasteiger partial charge on any atom is -0.360 e.